The monoisotopic (exact) mass is 187 g/mol. The number of amides is 2. The summed E-state index contributed by atoms with van der Waals surface area (Å²) in [5.74, 6) is -0.537. The van der Waals surface area contributed by atoms with Crippen molar-refractivity contribution in [3.05, 3.63) is 0 Å². The van der Waals surface area contributed by atoms with Crippen LogP contribution in [-0.4, -0.2) is 42.6 Å². The number of ether oxygens (including phenoxy) is 1. The lowest BCUT2D eigenvalue weighted by atomic mass is 10.2. The molecular formula is C7H13N3O3. The molecule has 1 saturated heterocycles. The minimum absolute atomic E-state index is 0.0834. The highest BCUT2D eigenvalue weighted by molar-refractivity contribution is 5.81. The Bertz CT molecular complexity index is 219. The van der Waals surface area contributed by atoms with Gasteiger partial charge < -0.3 is 16.2 Å². The third-order valence-corrected chi connectivity index (χ3v) is 1.79. The molecule has 1 aliphatic heterocycles. The molecule has 1 heterocycles. The van der Waals surface area contributed by atoms with E-state index in [-0.39, 0.29) is 12.6 Å². The Labute approximate surface area is 75.8 Å². The summed E-state index contributed by atoms with van der Waals surface area (Å²) < 4.78 is 4.91. The van der Waals surface area contributed by atoms with Crippen LogP contribution in [0.3, 0.4) is 0 Å². The molecule has 0 aromatic rings. The van der Waals surface area contributed by atoms with Crippen molar-refractivity contribution in [3.8, 4) is 0 Å². The summed E-state index contributed by atoms with van der Waals surface area (Å²) in [6, 6.07) is 0. The van der Waals surface area contributed by atoms with Gasteiger partial charge in [0.15, 0.2) is 0 Å². The lowest BCUT2D eigenvalue weighted by Gasteiger charge is -2.08. The van der Waals surface area contributed by atoms with Crippen LogP contribution in [0.2, 0.25) is 0 Å². The maximum absolute atomic E-state index is 11.1. The fourth-order valence-electron chi connectivity index (χ4n) is 1.23. The molecule has 6 heteroatoms. The SMILES string of the molecule is NCCC1CN(CC(N)=O)C(=O)O1. The smallest absolute Gasteiger partial charge is 0.410 e. The molecule has 4 N–H and O–H groups in total. The summed E-state index contributed by atoms with van der Waals surface area (Å²) in [6.45, 7) is 0.779. The van der Waals surface area contributed by atoms with Gasteiger partial charge >= 0.3 is 6.09 Å². The predicted octanol–water partition coefficient (Wildman–Crippen LogP) is -1.36. The van der Waals surface area contributed by atoms with E-state index < -0.39 is 12.0 Å². The Balaban J connectivity index is 2.41. The first-order chi connectivity index (χ1) is 6.13. The van der Waals surface area contributed by atoms with Crippen molar-refractivity contribution in [1.29, 1.82) is 0 Å². The number of hydrogen-bond acceptors (Lipinski definition) is 4. The summed E-state index contributed by atoms with van der Waals surface area (Å²) in [7, 11) is 0. The zero-order valence-corrected chi connectivity index (χ0v) is 7.23. The first-order valence-electron chi connectivity index (χ1n) is 4.07. The highest BCUT2D eigenvalue weighted by Crippen LogP contribution is 2.12. The van der Waals surface area contributed by atoms with Gasteiger partial charge in [-0.1, -0.05) is 0 Å². The van der Waals surface area contributed by atoms with Crippen LogP contribution in [0.4, 0.5) is 4.79 Å². The molecule has 1 atom stereocenters. The maximum Gasteiger partial charge on any atom is 0.410 e. The third-order valence-electron chi connectivity index (χ3n) is 1.79. The Morgan fingerprint density at radius 1 is 1.69 bits per heavy atom. The normalized spacial score (nSPS) is 21.8. The Morgan fingerprint density at radius 2 is 2.38 bits per heavy atom. The molecule has 0 bridgehead atoms. The van der Waals surface area contributed by atoms with E-state index >= 15 is 0 Å². The van der Waals surface area contributed by atoms with Crippen LogP contribution in [0.15, 0.2) is 0 Å². The molecular weight excluding hydrogens is 174 g/mol. The summed E-state index contributed by atoms with van der Waals surface area (Å²) in [5.41, 5.74) is 10.2. The van der Waals surface area contributed by atoms with Gasteiger partial charge in [-0.25, -0.2) is 4.79 Å². The molecule has 1 unspecified atom stereocenters. The molecule has 0 spiro atoms. The number of nitrogens with zero attached hydrogens (tertiary/aromatic N) is 1. The van der Waals surface area contributed by atoms with Crippen LogP contribution >= 0.6 is 0 Å². The van der Waals surface area contributed by atoms with Crippen LogP contribution in [0, 0.1) is 0 Å². The second kappa shape index (κ2) is 4.08. The van der Waals surface area contributed by atoms with Crippen molar-refractivity contribution in [2.75, 3.05) is 19.6 Å². The number of carbonyl (C=O) groups is 2. The molecule has 6 nitrogen and oxygen atoms in total. The molecule has 13 heavy (non-hydrogen) atoms. The molecule has 2 amide bonds. The zero-order chi connectivity index (χ0) is 9.84. The molecule has 0 aromatic carbocycles. The van der Waals surface area contributed by atoms with Crippen molar-refractivity contribution in [2.24, 2.45) is 11.5 Å². The van der Waals surface area contributed by atoms with Crippen molar-refractivity contribution in [2.45, 2.75) is 12.5 Å². The van der Waals surface area contributed by atoms with Crippen LogP contribution in [0.1, 0.15) is 6.42 Å². The van der Waals surface area contributed by atoms with Gasteiger partial charge in [-0.05, 0) is 13.0 Å². The quantitative estimate of drug-likeness (QED) is 0.568. The fourth-order valence-corrected chi connectivity index (χ4v) is 1.23. The maximum atomic E-state index is 11.1. The van der Waals surface area contributed by atoms with Crippen molar-refractivity contribution in [1.82, 2.24) is 4.90 Å². The minimum atomic E-state index is -0.537. The number of carbonyl (C=O) groups excluding carboxylic acids is 2. The van der Waals surface area contributed by atoms with Crippen molar-refractivity contribution in [3.63, 3.8) is 0 Å². The van der Waals surface area contributed by atoms with Gasteiger partial charge in [-0.15, -0.1) is 0 Å². The van der Waals surface area contributed by atoms with Crippen LogP contribution < -0.4 is 11.5 Å². The highest BCUT2D eigenvalue weighted by Gasteiger charge is 2.31. The molecule has 1 aliphatic rings. The van der Waals surface area contributed by atoms with E-state index in [1.807, 2.05) is 0 Å². The van der Waals surface area contributed by atoms with E-state index in [2.05, 4.69) is 0 Å². The second-order valence-electron chi connectivity index (χ2n) is 2.93. The van der Waals surface area contributed by atoms with Crippen molar-refractivity contribution >= 4 is 12.0 Å². The Hall–Kier alpha value is -1.30. The van der Waals surface area contributed by atoms with Gasteiger partial charge in [0.1, 0.15) is 12.6 Å². The van der Waals surface area contributed by atoms with E-state index in [0.717, 1.165) is 0 Å². The number of cyclic esters (lactones) is 1. The van der Waals surface area contributed by atoms with Gasteiger partial charge in [0.05, 0.1) is 6.54 Å². The minimum Gasteiger partial charge on any atom is -0.444 e. The molecule has 1 fully saturated rings. The Kier molecular flexibility index (Phi) is 3.07. The van der Waals surface area contributed by atoms with E-state index in [1.54, 1.807) is 0 Å². The van der Waals surface area contributed by atoms with Gasteiger partial charge in [0.25, 0.3) is 0 Å². The molecule has 74 valence electrons. The first-order valence-corrected chi connectivity index (χ1v) is 4.07. The van der Waals surface area contributed by atoms with Gasteiger partial charge in [-0.2, -0.15) is 0 Å². The molecule has 1 rings (SSSR count). The molecule has 0 aromatic heterocycles. The summed E-state index contributed by atoms with van der Waals surface area (Å²) in [4.78, 5) is 22.8. The predicted molar refractivity (Wildman–Crippen MR) is 44.7 cm³/mol. The standard InChI is InChI=1S/C7H13N3O3/c8-2-1-5-3-10(4-6(9)11)7(12)13-5/h5H,1-4,8H2,(H2,9,11). The first kappa shape index (κ1) is 9.79. The van der Waals surface area contributed by atoms with Crippen LogP contribution in [0.25, 0.3) is 0 Å². The zero-order valence-electron chi connectivity index (χ0n) is 7.23. The van der Waals surface area contributed by atoms with E-state index in [4.69, 9.17) is 16.2 Å². The summed E-state index contributed by atoms with van der Waals surface area (Å²) >= 11 is 0. The third kappa shape index (κ3) is 2.59. The van der Waals surface area contributed by atoms with E-state index in [0.29, 0.717) is 19.5 Å². The summed E-state index contributed by atoms with van der Waals surface area (Å²) in [5, 5.41) is 0. The lowest BCUT2D eigenvalue weighted by molar-refractivity contribution is -0.118. The van der Waals surface area contributed by atoms with Crippen LogP contribution in [0.5, 0.6) is 0 Å². The van der Waals surface area contributed by atoms with Gasteiger partial charge in [0.2, 0.25) is 5.91 Å². The average Bonchev–Trinajstić information content (AvgIpc) is 2.31. The number of nitrogens with two attached hydrogens (primary N) is 2. The van der Waals surface area contributed by atoms with Crippen LogP contribution in [-0.2, 0) is 9.53 Å². The van der Waals surface area contributed by atoms with E-state index in [9.17, 15) is 9.59 Å². The topological polar surface area (TPSA) is 98.6 Å². The summed E-state index contributed by atoms with van der Waals surface area (Å²) in [6.07, 6.45) is -0.0739. The Morgan fingerprint density at radius 3 is 2.92 bits per heavy atom. The van der Waals surface area contributed by atoms with E-state index in [1.165, 1.54) is 4.90 Å². The molecule has 0 aliphatic carbocycles. The second-order valence-corrected chi connectivity index (χ2v) is 2.93. The fraction of sp³-hybridized carbons (Fsp3) is 0.714. The largest absolute Gasteiger partial charge is 0.444 e. The van der Waals surface area contributed by atoms with Crippen molar-refractivity contribution < 1.29 is 14.3 Å². The van der Waals surface area contributed by atoms with Gasteiger partial charge in [0, 0.05) is 0 Å². The number of rotatable bonds is 4. The lowest BCUT2D eigenvalue weighted by Crippen LogP contribution is -2.34. The molecule has 0 radical (unpaired) electrons. The highest BCUT2D eigenvalue weighted by atomic mass is 16.6. The number of primary amides is 1. The average molecular weight is 187 g/mol. The molecule has 0 saturated carbocycles. The van der Waals surface area contributed by atoms with Gasteiger partial charge in [-0.3, -0.25) is 9.69 Å². The number of hydrogen-bond donors (Lipinski definition) is 2.